The normalized spacial score (nSPS) is 23.6. The summed E-state index contributed by atoms with van der Waals surface area (Å²) in [5.74, 6) is -0.0299. The van der Waals surface area contributed by atoms with E-state index in [0.29, 0.717) is 29.9 Å². The Morgan fingerprint density at radius 2 is 2.07 bits per heavy atom. The minimum absolute atomic E-state index is 0.0425. The number of benzene rings is 2. The van der Waals surface area contributed by atoms with Gasteiger partial charge >= 0.3 is 5.97 Å². The van der Waals surface area contributed by atoms with E-state index in [2.05, 4.69) is 0 Å². The molecule has 2 aromatic rings. The number of thioether (sulfide) groups is 1. The van der Waals surface area contributed by atoms with Crippen LogP contribution in [0.4, 0.5) is 4.39 Å². The van der Waals surface area contributed by atoms with Crippen LogP contribution < -0.4 is 4.74 Å². The Kier molecular flexibility index (Phi) is 5.02. The Morgan fingerprint density at radius 1 is 1.29 bits per heavy atom. The van der Waals surface area contributed by atoms with Crippen LogP contribution in [0, 0.1) is 5.82 Å². The molecule has 0 unspecified atom stereocenters. The highest BCUT2D eigenvalue weighted by atomic mass is 32.2. The van der Waals surface area contributed by atoms with Crippen LogP contribution in [0.1, 0.15) is 24.0 Å². The number of fused-ring (bicyclic) bond motifs is 1. The highest BCUT2D eigenvalue weighted by Gasteiger charge is 2.57. The number of carbonyl (C=O) groups is 2. The summed E-state index contributed by atoms with van der Waals surface area (Å²) < 4.78 is 24.2. The van der Waals surface area contributed by atoms with E-state index < -0.39 is 22.7 Å². The molecular formula is C21H20FNO4S. The van der Waals surface area contributed by atoms with Crippen molar-refractivity contribution in [3.05, 3.63) is 65.5 Å². The molecule has 2 saturated heterocycles. The van der Waals surface area contributed by atoms with Gasteiger partial charge in [-0.25, -0.2) is 9.18 Å². The van der Waals surface area contributed by atoms with Gasteiger partial charge in [0.2, 0.25) is 5.91 Å². The molecule has 0 radical (unpaired) electrons. The average Bonchev–Trinajstić information content (AvgIpc) is 3.26. The number of methoxy groups -OCH3 is 1. The molecule has 0 aromatic heterocycles. The number of ether oxygens (including phenoxy) is 2. The van der Waals surface area contributed by atoms with Crippen LogP contribution in [-0.2, 0) is 25.8 Å². The summed E-state index contributed by atoms with van der Waals surface area (Å²) in [5, 5.41) is 0. The third kappa shape index (κ3) is 3.13. The fourth-order valence-corrected chi connectivity index (χ4v) is 5.56. The fraction of sp³-hybridized carbons (Fsp3) is 0.333. The largest absolute Gasteiger partial charge is 0.496 e. The molecule has 146 valence electrons. The third-order valence-electron chi connectivity index (χ3n) is 5.24. The van der Waals surface area contributed by atoms with Gasteiger partial charge in [0.1, 0.15) is 29.1 Å². The molecule has 2 aromatic carbocycles. The number of amides is 1. The zero-order chi connectivity index (χ0) is 19.7. The van der Waals surface area contributed by atoms with E-state index in [0.717, 1.165) is 5.56 Å². The van der Waals surface area contributed by atoms with Crippen LogP contribution >= 0.6 is 11.8 Å². The second-order valence-corrected chi connectivity index (χ2v) is 8.10. The van der Waals surface area contributed by atoms with E-state index in [-0.39, 0.29) is 12.5 Å². The van der Waals surface area contributed by atoms with Crippen LogP contribution in [-0.4, -0.2) is 35.7 Å². The predicted octanol–water partition coefficient (Wildman–Crippen LogP) is 3.47. The molecule has 0 N–H and O–H groups in total. The summed E-state index contributed by atoms with van der Waals surface area (Å²) in [6.45, 7) is -0.110. The monoisotopic (exact) mass is 401 g/mol. The van der Waals surface area contributed by atoms with E-state index >= 15 is 0 Å². The second kappa shape index (κ2) is 7.47. The maximum Gasteiger partial charge on any atom is 0.330 e. The fourth-order valence-electron chi connectivity index (χ4n) is 3.92. The van der Waals surface area contributed by atoms with Gasteiger partial charge in [-0.1, -0.05) is 30.3 Å². The molecule has 2 aliphatic heterocycles. The molecule has 2 aliphatic rings. The summed E-state index contributed by atoms with van der Waals surface area (Å²) in [6.07, 6.45) is 1.07. The Labute approximate surface area is 166 Å². The van der Waals surface area contributed by atoms with Crippen molar-refractivity contribution in [1.29, 1.82) is 0 Å². The van der Waals surface area contributed by atoms with Gasteiger partial charge in [0.25, 0.3) is 0 Å². The number of halogens is 1. The van der Waals surface area contributed by atoms with Crippen LogP contribution in [0.3, 0.4) is 0 Å². The molecule has 0 spiro atoms. The molecular weight excluding hydrogens is 381 g/mol. The van der Waals surface area contributed by atoms with Crippen molar-refractivity contribution in [3.63, 3.8) is 0 Å². The third-order valence-corrected chi connectivity index (χ3v) is 6.83. The van der Waals surface area contributed by atoms with Gasteiger partial charge in [-0.15, -0.1) is 11.8 Å². The topological polar surface area (TPSA) is 55.8 Å². The second-order valence-electron chi connectivity index (χ2n) is 6.80. The van der Waals surface area contributed by atoms with Gasteiger partial charge in [0, 0.05) is 17.7 Å². The highest BCUT2D eigenvalue weighted by molar-refractivity contribution is 8.00. The summed E-state index contributed by atoms with van der Waals surface area (Å²) in [4.78, 5) is 26.6. The molecule has 2 heterocycles. The first kappa shape index (κ1) is 18.8. The molecule has 2 atom stereocenters. The van der Waals surface area contributed by atoms with E-state index in [1.807, 2.05) is 30.3 Å². The van der Waals surface area contributed by atoms with Crippen molar-refractivity contribution in [2.45, 2.75) is 30.4 Å². The Bertz CT molecular complexity index is 907. The van der Waals surface area contributed by atoms with E-state index in [4.69, 9.17) is 9.47 Å². The van der Waals surface area contributed by atoms with Gasteiger partial charge in [0.15, 0.2) is 0 Å². The summed E-state index contributed by atoms with van der Waals surface area (Å²) in [6, 6.07) is 13.2. The van der Waals surface area contributed by atoms with Crippen molar-refractivity contribution < 1.29 is 23.5 Å². The first-order valence-corrected chi connectivity index (χ1v) is 10.0. The van der Waals surface area contributed by atoms with Gasteiger partial charge in [0.05, 0.1) is 7.11 Å². The highest BCUT2D eigenvalue weighted by Crippen LogP contribution is 2.54. The molecule has 5 nitrogen and oxygen atoms in total. The van der Waals surface area contributed by atoms with Crippen LogP contribution in [0.5, 0.6) is 5.75 Å². The van der Waals surface area contributed by atoms with E-state index in [1.54, 1.807) is 16.7 Å². The van der Waals surface area contributed by atoms with Crippen LogP contribution in [0.15, 0.2) is 48.5 Å². The van der Waals surface area contributed by atoms with Gasteiger partial charge in [-0.2, -0.15) is 0 Å². The molecule has 4 rings (SSSR count). The maximum absolute atomic E-state index is 13.5. The number of rotatable bonds is 5. The molecule has 7 heteroatoms. The first-order valence-electron chi connectivity index (χ1n) is 9.06. The summed E-state index contributed by atoms with van der Waals surface area (Å²) >= 11 is 1.61. The Morgan fingerprint density at radius 3 is 2.82 bits per heavy atom. The zero-order valence-corrected chi connectivity index (χ0v) is 16.2. The smallest absolute Gasteiger partial charge is 0.330 e. The quantitative estimate of drug-likeness (QED) is 0.718. The van der Waals surface area contributed by atoms with Crippen molar-refractivity contribution in [3.8, 4) is 5.75 Å². The zero-order valence-electron chi connectivity index (χ0n) is 15.4. The molecule has 0 bridgehead atoms. The number of hydrogen-bond acceptors (Lipinski definition) is 5. The maximum atomic E-state index is 13.5. The minimum Gasteiger partial charge on any atom is -0.496 e. The van der Waals surface area contributed by atoms with Crippen molar-refractivity contribution in [1.82, 2.24) is 4.90 Å². The van der Waals surface area contributed by atoms with Crippen molar-refractivity contribution >= 4 is 23.6 Å². The number of hydrogen-bond donors (Lipinski definition) is 0. The lowest BCUT2D eigenvalue weighted by molar-refractivity contribution is -0.155. The molecule has 2 fully saturated rings. The van der Waals surface area contributed by atoms with Gasteiger partial charge in [-0.05, 0) is 30.2 Å². The lowest BCUT2D eigenvalue weighted by Gasteiger charge is -2.33. The molecule has 1 amide bonds. The number of esters is 1. The standard InChI is InChI=1S/C21H20FNO4S/c1-26-18-8-7-16(22)11-14(18)12-27-20(25)17-13-28-21(10-9-19(24)23(17)21)15-5-3-2-4-6-15/h2-8,11,17H,9-10,12-13H2,1H3/t17-,21-/m1/s1. The molecule has 0 saturated carbocycles. The molecule has 28 heavy (non-hydrogen) atoms. The Hall–Kier alpha value is -2.54. The number of carbonyl (C=O) groups excluding carboxylic acids is 2. The first-order chi connectivity index (χ1) is 13.5. The van der Waals surface area contributed by atoms with E-state index in [1.165, 1.54) is 25.3 Å². The van der Waals surface area contributed by atoms with Gasteiger partial charge in [-0.3, -0.25) is 4.79 Å². The lowest BCUT2D eigenvalue weighted by atomic mass is 10.0. The van der Waals surface area contributed by atoms with Crippen molar-refractivity contribution in [2.24, 2.45) is 0 Å². The van der Waals surface area contributed by atoms with Crippen LogP contribution in [0.2, 0.25) is 0 Å². The van der Waals surface area contributed by atoms with E-state index in [9.17, 15) is 14.0 Å². The van der Waals surface area contributed by atoms with Gasteiger partial charge < -0.3 is 14.4 Å². The predicted molar refractivity (Wildman–Crippen MR) is 103 cm³/mol. The van der Waals surface area contributed by atoms with Crippen LogP contribution in [0.25, 0.3) is 0 Å². The minimum atomic E-state index is -0.653. The summed E-state index contributed by atoms with van der Waals surface area (Å²) in [7, 11) is 1.48. The van der Waals surface area contributed by atoms with Crippen molar-refractivity contribution in [2.75, 3.05) is 12.9 Å². The average molecular weight is 401 g/mol. The summed E-state index contributed by atoms with van der Waals surface area (Å²) in [5.41, 5.74) is 1.47. The number of nitrogens with zero attached hydrogens (tertiary/aromatic N) is 1. The SMILES string of the molecule is COc1ccc(F)cc1COC(=O)[C@H]1CS[C@@]2(c3ccccc3)CCC(=O)N12. The Balaban J connectivity index is 1.53. The molecule has 0 aliphatic carbocycles. The lowest BCUT2D eigenvalue weighted by Crippen LogP contribution is -2.46.